The number of nitrogens with one attached hydrogen (secondary N) is 1. The highest BCUT2D eigenvalue weighted by Crippen LogP contribution is 2.14. The summed E-state index contributed by atoms with van der Waals surface area (Å²) in [5.74, 6) is -1.45. The van der Waals surface area contributed by atoms with Gasteiger partial charge in [0.05, 0.1) is 17.7 Å². The first-order chi connectivity index (χ1) is 8.58. The van der Waals surface area contributed by atoms with Gasteiger partial charge in [-0.1, -0.05) is 6.92 Å². The van der Waals surface area contributed by atoms with Gasteiger partial charge in [-0.2, -0.15) is 5.26 Å². The quantitative estimate of drug-likeness (QED) is 0.764. The van der Waals surface area contributed by atoms with Gasteiger partial charge >= 0.3 is 0 Å². The van der Waals surface area contributed by atoms with Gasteiger partial charge in [-0.05, 0) is 31.5 Å². The molecule has 3 nitrogen and oxygen atoms in total. The monoisotopic (exact) mass is 254 g/mol. The van der Waals surface area contributed by atoms with Crippen LogP contribution in [0.15, 0.2) is 12.1 Å². The van der Waals surface area contributed by atoms with E-state index in [1.807, 2.05) is 6.92 Å². The van der Waals surface area contributed by atoms with Gasteiger partial charge in [0, 0.05) is 12.1 Å². The van der Waals surface area contributed by atoms with Crippen LogP contribution >= 0.6 is 0 Å². The zero-order chi connectivity index (χ0) is 13.5. The normalized spacial score (nSPS) is 12.2. The highest BCUT2D eigenvalue weighted by molar-refractivity contribution is 5.34. The van der Waals surface area contributed by atoms with Crippen LogP contribution < -0.4 is 5.32 Å². The number of halogens is 2. The summed E-state index contributed by atoms with van der Waals surface area (Å²) in [5, 5.41) is 20.7. The summed E-state index contributed by atoms with van der Waals surface area (Å²) in [6.07, 6.45) is 0.797. The summed E-state index contributed by atoms with van der Waals surface area (Å²) in [6, 6.07) is 3.72. The van der Waals surface area contributed by atoms with E-state index < -0.39 is 17.7 Å². The fourth-order valence-electron chi connectivity index (χ4n) is 1.52. The molecule has 0 aromatic heterocycles. The molecule has 0 aliphatic heterocycles. The Morgan fingerprint density at radius 1 is 1.39 bits per heavy atom. The van der Waals surface area contributed by atoms with Crippen LogP contribution in [0.2, 0.25) is 0 Å². The first-order valence-electron chi connectivity index (χ1n) is 5.85. The summed E-state index contributed by atoms with van der Waals surface area (Å²) in [5.41, 5.74) is -0.116. The molecule has 0 aliphatic rings. The minimum Gasteiger partial charge on any atom is -0.393 e. The maximum absolute atomic E-state index is 13.5. The van der Waals surface area contributed by atoms with Crippen molar-refractivity contribution in [2.24, 2.45) is 0 Å². The average Bonchev–Trinajstić information content (AvgIpc) is 2.36. The standard InChI is InChI=1S/C13H16F2N2O/c1-2-10(18)3-4-17-8-11-12(14)5-9(7-16)6-13(11)15/h5-6,10,17-18H,2-4,8H2,1H3. The number of nitrogens with zero attached hydrogens (tertiary/aromatic N) is 1. The number of hydrogen-bond acceptors (Lipinski definition) is 3. The maximum atomic E-state index is 13.5. The SMILES string of the molecule is CCC(O)CCNCc1c(F)cc(C#N)cc1F. The van der Waals surface area contributed by atoms with Crippen LogP contribution in [-0.2, 0) is 6.54 Å². The Labute approximate surface area is 105 Å². The van der Waals surface area contributed by atoms with Crippen LogP contribution in [0.4, 0.5) is 8.78 Å². The largest absolute Gasteiger partial charge is 0.393 e. The second-order valence-electron chi connectivity index (χ2n) is 4.06. The molecule has 1 unspecified atom stereocenters. The van der Waals surface area contributed by atoms with Gasteiger partial charge in [-0.3, -0.25) is 0 Å². The number of benzene rings is 1. The maximum Gasteiger partial charge on any atom is 0.131 e. The zero-order valence-electron chi connectivity index (χ0n) is 10.2. The number of nitriles is 1. The first kappa shape index (κ1) is 14.6. The molecule has 1 aromatic rings. The van der Waals surface area contributed by atoms with Gasteiger partial charge in [-0.15, -0.1) is 0 Å². The van der Waals surface area contributed by atoms with E-state index in [1.54, 1.807) is 6.07 Å². The Balaban J connectivity index is 2.55. The molecule has 0 spiro atoms. The van der Waals surface area contributed by atoms with E-state index in [0.29, 0.717) is 19.4 Å². The second kappa shape index (κ2) is 7.04. The Morgan fingerprint density at radius 2 is 2.00 bits per heavy atom. The third-order valence-electron chi connectivity index (χ3n) is 2.70. The average molecular weight is 254 g/mol. The summed E-state index contributed by atoms with van der Waals surface area (Å²) in [4.78, 5) is 0. The summed E-state index contributed by atoms with van der Waals surface area (Å²) < 4.78 is 26.9. The van der Waals surface area contributed by atoms with Gasteiger partial charge in [0.2, 0.25) is 0 Å². The van der Waals surface area contributed by atoms with Crippen molar-refractivity contribution >= 4 is 0 Å². The van der Waals surface area contributed by atoms with Gasteiger partial charge in [0.25, 0.3) is 0 Å². The predicted molar refractivity (Wildman–Crippen MR) is 63.7 cm³/mol. The highest BCUT2D eigenvalue weighted by Gasteiger charge is 2.11. The van der Waals surface area contributed by atoms with Crippen molar-refractivity contribution in [3.05, 3.63) is 34.9 Å². The van der Waals surface area contributed by atoms with Gasteiger partial charge < -0.3 is 10.4 Å². The number of aliphatic hydroxyl groups excluding tert-OH is 1. The molecule has 1 aromatic carbocycles. The minimum atomic E-state index is -0.727. The molecule has 0 fully saturated rings. The lowest BCUT2D eigenvalue weighted by Crippen LogP contribution is -2.21. The van der Waals surface area contributed by atoms with Crippen molar-refractivity contribution < 1.29 is 13.9 Å². The van der Waals surface area contributed by atoms with Crippen molar-refractivity contribution in [2.45, 2.75) is 32.4 Å². The lowest BCUT2D eigenvalue weighted by atomic mass is 10.1. The summed E-state index contributed by atoms with van der Waals surface area (Å²) in [6.45, 7) is 2.39. The molecule has 2 N–H and O–H groups in total. The third kappa shape index (κ3) is 4.06. The molecule has 1 atom stereocenters. The van der Waals surface area contributed by atoms with E-state index in [1.165, 1.54) is 0 Å². The number of aliphatic hydroxyl groups is 1. The molecule has 0 aliphatic carbocycles. The Bertz CT molecular complexity index is 420. The molecular formula is C13H16F2N2O. The minimum absolute atomic E-state index is 0.0323. The molecule has 18 heavy (non-hydrogen) atoms. The fraction of sp³-hybridized carbons (Fsp3) is 0.462. The molecule has 0 amide bonds. The Kier molecular flexibility index (Phi) is 5.69. The van der Waals surface area contributed by atoms with E-state index >= 15 is 0 Å². The van der Waals surface area contributed by atoms with E-state index in [4.69, 9.17) is 5.26 Å². The number of hydrogen-bond donors (Lipinski definition) is 2. The lowest BCUT2D eigenvalue weighted by Gasteiger charge is -2.10. The highest BCUT2D eigenvalue weighted by atomic mass is 19.1. The van der Waals surface area contributed by atoms with E-state index in [0.717, 1.165) is 12.1 Å². The zero-order valence-corrected chi connectivity index (χ0v) is 10.2. The number of rotatable bonds is 6. The van der Waals surface area contributed by atoms with Crippen molar-refractivity contribution in [3.8, 4) is 6.07 Å². The molecule has 0 saturated heterocycles. The van der Waals surface area contributed by atoms with Crippen LogP contribution in [0.1, 0.15) is 30.9 Å². The first-order valence-corrected chi connectivity index (χ1v) is 5.85. The Hall–Kier alpha value is -1.51. The molecule has 0 bridgehead atoms. The molecule has 1 rings (SSSR count). The van der Waals surface area contributed by atoms with E-state index in [-0.39, 0.29) is 17.7 Å². The molecule has 98 valence electrons. The van der Waals surface area contributed by atoms with Crippen LogP contribution in [0, 0.1) is 23.0 Å². The van der Waals surface area contributed by atoms with Gasteiger partial charge in [-0.25, -0.2) is 8.78 Å². The van der Waals surface area contributed by atoms with Crippen molar-refractivity contribution in [3.63, 3.8) is 0 Å². The smallest absolute Gasteiger partial charge is 0.131 e. The van der Waals surface area contributed by atoms with Crippen molar-refractivity contribution in [2.75, 3.05) is 6.54 Å². The van der Waals surface area contributed by atoms with Crippen molar-refractivity contribution in [1.82, 2.24) is 5.32 Å². The van der Waals surface area contributed by atoms with E-state index in [2.05, 4.69) is 5.32 Å². The molecule has 0 heterocycles. The Morgan fingerprint density at radius 3 is 2.50 bits per heavy atom. The molecular weight excluding hydrogens is 238 g/mol. The van der Waals surface area contributed by atoms with Crippen LogP contribution in [-0.4, -0.2) is 17.8 Å². The summed E-state index contributed by atoms with van der Waals surface area (Å²) in [7, 11) is 0. The van der Waals surface area contributed by atoms with Crippen molar-refractivity contribution in [1.29, 1.82) is 5.26 Å². The molecule has 0 radical (unpaired) electrons. The lowest BCUT2D eigenvalue weighted by molar-refractivity contribution is 0.159. The van der Waals surface area contributed by atoms with Crippen LogP contribution in [0.25, 0.3) is 0 Å². The predicted octanol–water partition coefficient (Wildman–Crippen LogP) is 2.09. The van der Waals surface area contributed by atoms with Gasteiger partial charge in [0.15, 0.2) is 0 Å². The molecule has 5 heteroatoms. The molecule has 0 saturated carbocycles. The topological polar surface area (TPSA) is 56.0 Å². The van der Waals surface area contributed by atoms with Crippen LogP contribution in [0.5, 0.6) is 0 Å². The fourth-order valence-corrected chi connectivity index (χ4v) is 1.52. The van der Waals surface area contributed by atoms with Gasteiger partial charge in [0.1, 0.15) is 11.6 Å². The van der Waals surface area contributed by atoms with E-state index in [9.17, 15) is 13.9 Å². The second-order valence-corrected chi connectivity index (χ2v) is 4.06. The third-order valence-corrected chi connectivity index (χ3v) is 2.70. The summed E-state index contributed by atoms with van der Waals surface area (Å²) >= 11 is 0. The van der Waals surface area contributed by atoms with Crippen LogP contribution in [0.3, 0.4) is 0 Å².